The van der Waals surface area contributed by atoms with Gasteiger partial charge >= 0.3 is 0 Å². The Morgan fingerprint density at radius 3 is 2.83 bits per heavy atom. The predicted molar refractivity (Wildman–Crippen MR) is 70.1 cm³/mol. The lowest BCUT2D eigenvalue weighted by Crippen LogP contribution is -2.38. The molecule has 1 amide bonds. The van der Waals surface area contributed by atoms with Gasteiger partial charge in [-0.2, -0.15) is 4.98 Å². The van der Waals surface area contributed by atoms with E-state index in [9.17, 15) is 4.79 Å². The summed E-state index contributed by atoms with van der Waals surface area (Å²) >= 11 is 0. The minimum absolute atomic E-state index is 0.0582. The smallest absolute Gasteiger partial charge is 0.299 e. The van der Waals surface area contributed by atoms with Crippen LogP contribution in [0.5, 0.6) is 0 Å². The molecule has 96 valence electrons. The van der Waals surface area contributed by atoms with Crippen molar-refractivity contribution in [3.05, 3.63) is 18.2 Å². The topological polar surface area (TPSA) is 98.4 Å². The van der Waals surface area contributed by atoms with E-state index in [1.54, 1.807) is 23.1 Å². The number of amides is 1. The van der Waals surface area contributed by atoms with Crippen molar-refractivity contribution >= 4 is 28.7 Å². The van der Waals surface area contributed by atoms with Gasteiger partial charge in [0.2, 0.25) is 5.91 Å². The summed E-state index contributed by atoms with van der Waals surface area (Å²) in [5, 5.41) is 0. The zero-order chi connectivity index (χ0) is 13.3. The molecule has 0 saturated heterocycles. The molecule has 4 N–H and O–H groups in total. The van der Waals surface area contributed by atoms with E-state index in [4.69, 9.17) is 15.9 Å². The van der Waals surface area contributed by atoms with E-state index in [1.165, 1.54) is 0 Å². The highest BCUT2D eigenvalue weighted by Crippen LogP contribution is 2.24. The summed E-state index contributed by atoms with van der Waals surface area (Å²) in [6, 6.07) is 5.66. The molecule has 6 nitrogen and oxygen atoms in total. The van der Waals surface area contributed by atoms with E-state index in [1.807, 2.05) is 13.8 Å². The highest BCUT2D eigenvalue weighted by atomic mass is 16.4. The maximum absolute atomic E-state index is 11.0. The molecule has 0 aliphatic heterocycles. The average molecular weight is 248 g/mol. The first-order valence-corrected chi connectivity index (χ1v) is 5.68. The van der Waals surface area contributed by atoms with Crippen LogP contribution in [0.1, 0.15) is 13.8 Å². The number of primary amides is 1. The molecule has 0 aliphatic carbocycles. The molecule has 18 heavy (non-hydrogen) atoms. The summed E-state index contributed by atoms with van der Waals surface area (Å²) in [5.74, 6) is -0.425. The lowest BCUT2D eigenvalue weighted by molar-refractivity contribution is -0.116. The van der Waals surface area contributed by atoms with Gasteiger partial charge in [-0.15, -0.1) is 0 Å². The minimum Gasteiger partial charge on any atom is -0.423 e. The van der Waals surface area contributed by atoms with Gasteiger partial charge in [0, 0.05) is 11.7 Å². The van der Waals surface area contributed by atoms with Crippen molar-refractivity contribution in [3.63, 3.8) is 0 Å². The van der Waals surface area contributed by atoms with Crippen molar-refractivity contribution in [2.24, 2.45) is 5.73 Å². The minimum atomic E-state index is -0.425. The SMILES string of the molecule is CC(C)N(CC(N)=O)c1nc2cc(N)ccc2o1. The first-order chi connectivity index (χ1) is 8.47. The maximum atomic E-state index is 11.0. The van der Waals surface area contributed by atoms with E-state index >= 15 is 0 Å². The normalized spacial score (nSPS) is 11.1. The number of rotatable bonds is 4. The van der Waals surface area contributed by atoms with Crippen molar-refractivity contribution in [1.29, 1.82) is 0 Å². The number of carbonyl (C=O) groups is 1. The molecule has 0 atom stereocenters. The van der Waals surface area contributed by atoms with Gasteiger partial charge in [-0.1, -0.05) is 0 Å². The zero-order valence-electron chi connectivity index (χ0n) is 10.4. The van der Waals surface area contributed by atoms with Gasteiger partial charge in [-0.25, -0.2) is 0 Å². The number of benzene rings is 1. The van der Waals surface area contributed by atoms with Crippen molar-refractivity contribution in [1.82, 2.24) is 4.98 Å². The molecule has 0 unspecified atom stereocenters. The third-order valence-electron chi connectivity index (χ3n) is 2.60. The van der Waals surface area contributed by atoms with Crippen LogP contribution < -0.4 is 16.4 Å². The zero-order valence-corrected chi connectivity index (χ0v) is 10.4. The van der Waals surface area contributed by atoms with Crippen molar-refractivity contribution in [2.45, 2.75) is 19.9 Å². The molecule has 1 aromatic carbocycles. The molecule has 0 saturated carbocycles. The molecule has 1 heterocycles. The number of hydrogen-bond donors (Lipinski definition) is 2. The predicted octanol–water partition coefficient (Wildman–Crippen LogP) is 1.11. The maximum Gasteiger partial charge on any atom is 0.299 e. The summed E-state index contributed by atoms with van der Waals surface area (Å²) in [7, 11) is 0. The molecule has 0 aliphatic rings. The molecule has 0 bridgehead atoms. The number of carbonyl (C=O) groups excluding carboxylic acids is 1. The standard InChI is InChI=1S/C12H16N4O2/c1-7(2)16(6-11(14)17)12-15-9-5-8(13)3-4-10(9)18-12/h3-5,7H,6,13H2,1-2H3,(H2,14,17). The summed E-state index contributed by atoms with van der Waals surface area (Å²) in [6.07, 6.45) is 0. The second-order valence-electron chi connectivity index (χ2n) is 4.41. The van der Waals surface area contributed by atoms with Gasteiger partial charge in [-0.05, 0) is 32.0 Å². The molecule has 1 aromatic heterocycles. The fourth-order valence-electron chi connectivity index (χ4n) is 1.69. The van der Waals surface area contributed by atoms with Gasteiger partial charge < -0.3 is 20.8 Å². The number of hydrogen-bond acceptors (Lipinski definition) is 5. The molecular weight excluding hydrogens is 232 g/mol. The number of aromatic nitrogens is 1. The Morgan fingerprint density at radius 1 is 1.50 bits per heavy atom. The van der Waals surface area contributed by atoms with Crippen molar-refractivity contribution < 1.29 is 9.21 Å². The van der Waals surface area contributed by atoms with Crippen molar-refractivity contribution in [2.75, 3.05) is 17.2 Å². The monoisotopic (exact) mass is 248 g/mol. The number of nitrogens with zero attached hydrogens (tertiary/aromatic N) is 2. The van der Waals surface area contributed by atoms with Crippen LogP contribution in [0.2, 0.25) is 0 Å². The molecule has 2 aromatic rings. The molecule has 2 rings (SSSR count). The van der Waals surface area contributed by atoms with Crippen molar-refractivity contribution in [3.8, 4) is 0 Å². The van der Waals surface area contributed by atoms with E-state index < -0.39 is 5.91 Å². The second kappa shape index (κ2) is 4.56. The van der Waals surface area contributed by atoms with Gasteiger partial charge in [0.25, 0.3) is 6.01 Å². The van der Waals surface area contributed by atoms with Crippen LogP contribution in [0.25, 0.3) is 11.1 Å². The van der Waals surface area contributed by atoms with Crippen LogP contribution in [-0.4, -0.2) is 23.5 Å². The Morgan fingerprint density at radius 2 is 2.22 bits per heavy atom. The number of fused-ring (bicyclic) bond motifs is 1. The third kappa shape index (κ3) is 2.37. The third-order valence-corrected chi connectivity index (χ3v) is 2.60. The Bertz CT molecular complexity index is 576. The first-order valence-electron chi connectivity index (χ1n) is 5.68. The molecule has 0 fully saturated rings. The van der Waals surface area contributed by atoms with Crippen LogP contribution in [-0.2, 0) is 4.79 Å². The summed E-state index contributed by atoms with van der Waals surface area (Å²) in [5.41, 5.74) is 12.8. The van der Waals surface area contributed by atoms with Crippen LogP contribution in [0, 0.1) is 0 Å². The quantitative estimate of drug-likeness (QED) is 0.790. The lowest BCUT2D eigenvalue weighted by atomic mass is 10.3. The largest absolute Gasteiger partial charge is 0.423 e. The van der Waals surface area contributed by atoms with Gasteiger partial charge in [0.1, 0.15) is 12.1 Å². The number of nitrogen functional groups attached to an aromatic ring is 1. The number of nitrogens with two attached hydrogens (primary N) is 2. The molecule has 0 spiro atoms. The van der Waals surface area contributed by atoms with Gasteiger partial charge in [0.15, 0.2) is 5.58 Å². The Labute approximate surface area is 105 Å². The molecule has 6 heteroatoms. The fourth-order valence-corrected chi connectivity index (χ4v) is 1.69. The first kappa shape index (κ1) is 12.2. The van der Waals surface area contributed by atoms with E-state index in [0.717, 1.165) is 0 Å². The van der Waals surface area contributed by atoms with Gasteiger partial charge in [0.05, 0.1) is 0 Å². The number of oxazole rings is 1. The van der Waals surface area contributed by atoms with Gasteiger partial charge in [-0.3, -0.25) is 4.79 Å². The van der Waals surface area contributed by atoms with Crippen LogP contribution >= 0.6 is 0 Å². The summed E-state index contributed by atoms with van der Waals surface area (Å²) in [4.78, 5) is 17.1. The lowest BCUT2D eigenvalue weighted by Gasteiger charge is -2.22. The number of anilines is 2. The summed E-state index contributed by atoms with van der Waals surface area (Å²) < 4.78 is 5.60. The van der Waals surface area contributed by atoms with Crippen LogP contribution in [0.15, 0.2) is 22.6 Å². The second-order valence-corrected chi connectivity index (χ2v) is 4.41. The van der Waals surface area contributed by atoms with E-state index in [2.05, 4.69) is 4.98 Å². The van der Waals surface area contributed by atoms with E-state index in [-0.39, 0.29) is 12.6 Å². The highest BCUT2D eigenvalue weighted by Gasteiger charge is 2.19. The average Bonchev–Trinajstić information content (AvgIpc) is 2.67. The molecule has 0 radical (unpaired) electrons. The Hall–Kier alpha value is -2.24. The van der Waals surface area contributed by atoms with E-state index in [0.29, 0.717) is 22.8 Å². The highest BCUT2D eigenvalue weighted by molar-refractivity contribution is 5.81. The fraction of sp³-hybridized carbons (Fsp3) is 0.333. The Balaban J connectivity index is 2.41. The summed E-state index contributed by atoms with van der Waals surface area (Å²) in [6.45, 7) is 3.94. The Kier molecular flexibility index (Phi) is 3.10. The van der Waals surface area contributed by atoms with Crippen LogP contribution in [0.3, 0.4) is 0 Å². The van der Waals surface area contributed by atoms with Crippen LogP contribution in [0.4, 0.5) is 11.7 Å². The molecular formula is C12H16N4O2.